The summed E-state index contributed by atoms with van der Waals surface area (Å²) in [5, 5.41) is 15.6. The number of aryl methyl sites for hydroxylation is 1. The smallest absolute Gasteiger partial charge is 0.191 e. The molecule has 0 amide bonds. The molecular formula is C21H30N6O. The molecule has 0 saturated carbocycles. The fraction of sp³-hybridized carbons (Fsp3) is 0.571. The molecule has 0 saturated heterocycles. The second-order valence-electron chi connectivity index (χ2n) is 7.46. The Balaban J connectivity index is 1.22. The highest BCUT2D eigenvalue weighted by Crippen LogP contribution is 2.25. The van der Waals surface area contributed by atoms with E-state index in [0.29, 0.717) is 0 Å². The zero-order valence-corrected chi connectivity index (χ0v) is 16.7. The van der Waals surface area contributed by atoms with Crippen molar-refractivity contribution in [1.82, 2.24) is 25.4 Å². The van der Waals surface area contributed by atoms with E-state index in [0.717, 1.165) is 75.3 Å². The Morgan fingerprint density at radius 3 is 2.89 bits per heavy atom. The number of aliphatic imine (C=N–C) groups is 1. The van der Waals surface area contributed by atoms with Gasteiger partial charge in [0.15, 0.2) is 5.96 Å². The molecule has 0 atom stereocenters. The number of nitrogens with one attached hydrogen (secondary N) is 2. The average Bonchev–Trinajstić information content (AvgIpc) is 3.26. The molecule has 2 N–H and O–H groups in total. The molecule has 28 heavy (non-hydrogen) atoms. The predicted octanol–water partition coefficient (Wildman–Crippen LogP) is 1.89. The molecule has 0 bridgehead atoms. The largest absolute Gasteiger partial charge is 0.493 e. The van der Waals surface area contributed by atoms with Crippen molar-refractivity contribution in [3.05, 3.63) is 41.0 Å². The number of hydrogen-bond donors (Lipinski definition) is 2. The van der Waals surface area contributed by atoms with Gasteiger partial charge in [-0.3, -0.25) is 4.99 Å². The Morgan fingerprint density at radius 2 is 2.00 bits per heavy atom. The molecule has 2 aliphatic heterocycles. The quantitative estimate of drug-likeness (QED) is 0.589. The molecule has 1 aromatic heterocycles. The first kappa shape index (κ1) is 18.8. The maximum Gasteiger partial charge on any atom is 0.191 e. The van der Waals surface area contributed by atoms with E-state index in [1.54, 1.807) is 0 Å². The third-order valence-electron chi connectivity index (χ3n) is 5.51. The van der Waals surface area contributed by atoms with Crippen molar-refractivity contribution < 1.29 is 4.74 Å². The van der Waals surface area contributed by atoms with Gasteiger partial charge in [0.05, 0.1) is 6.61 Å². The molecule has 0 radical (unpaired) electrons. The maximum absolute atomic E-state index is 5.57. The van der Waals surface area contributed by atoms with E-state index in [-0.39, 0.29) is 0 Å². The van der Waals surface area contributed by atoms with Gasteiger partial charge in [-0.15, -0.1) is 10.2 Å². The third-order valence-corrected chi connectivity index (χ3v) is 5.51. The van der Waals surface area contributed by atoms with E-state index in [4.69, 9.17) is 4.74 Å². The van der Waals surface area contributed by atoms with Crippen LogP contribution in [0.5, 0.6) is 5.75 Å². The van der Waals surface area contributed by atoms with Crippen LogP contribution in [-0.4, -0.2) is 47.5 Å². The molecule has 7 heteroatoms. The molecule has 150 valence electrons. The van der Waals surface area contributed by atoms with Gasteiger partial charge in [-0.25, -0.2) is 0 Å². The number of guanidine groups is 1. The zero-order valence-electron chi connectivity index (χ0n) is 16.7. The molecule has 7 nitrogen and oxygen atoms in total. The van der Waals surface area contributed by atoms with Gasteiger partial charge in [-0.2, -0.15) is 0 Å². The fourth-order valence-electron chi connectivity index (χ4n) is 3.96. The summed E-state index contributed by atoms with van der Waals surface area (Å²) in [7, 11) is 1.81. The van der Waals surface area contributed by atoms with Gasteiger partial charge in [0.1, 0.15) is 17.4 Å². The van der Waals surface area contributed by atoms with Gasteiger partial charge in [0.2, 0.25) is 0 Å². The highest BCUT2D eigenvalue weighted by molar-refractivity contribution is 5.79. The summed E-state index contributed by atoms with van der Waals surface area (Å²) in [5.41, 5.74) is 2.66. The summed E-state index contributed by atoms with van der Waals surface area (Å²) >= 11 is 0. The second-order valence-corrected chi connectivity index (χ2v) is 7.46. The first-order chi connectivity index (χ1) is 13.8. The van der Waals surface area contributed by atoms with Crippen LogP contribution in [0.1, 0.15) is 42.0 Å². The molecule has 0 aliphatic carbocycles. The molecule has 0 unspecified atom stereocenters. The first-order valence-corrected chi connectivity index (χ1v) is 10.4. The number of ether oxygens (including phenoxy) is 1. The van der Waals surface area contributed by atoms with Crippen LogP contribution < -0.4 is 15.4 Å². The van der Waals surface area contributed by atoms with E-state index in [2.05, 4.69) is 48.6 Å². The van der Waals surface area contributed by atoms with Crippen molar-refractivity contribution in [2.45, 2.75) is 51.5 Å². The molecule has 1 aromatic carbocycles. The highest BCUT2D eigenvalue weighted by Gasteiger charge is 2.14. The lowest BCUT2D eigenvalue weighted by atomic mass is 10.1. The van der Waals surface area contributed by atoms with Gasteiger partial charge in [0, 0.05) is 45.9 Å². The van der Waals surface area contributed by atoms with Crippen molar-refractivity contribution in [2.75, 3.05) is 26.7 Å². The minimum atomic E-state index is 0.800. The van der Waals surface area contributed by atoms with Gasteiger partial charge in [-0.1, -0.05) is 18.6 Å². The number of hydrogen-bond acceptors (Lipinski definition) is 4. The minimum absolute atomic E-state index is 0.800. The molecule has 0 fully saturated rings. The van der Waals surface area contributed by atoms with E-state index >= 15 is 0 Å². The monoisotopic (exact) mass is 382 g/mol. The Bertz CT molecular complexity index is 828. The molecule has 0 spiro atoms. The van der Waals surface area contributed by atoms with Crippen molar-refractivity contribution in [3.63, 3.8) is 0 Å². The highest BCUT2D eigenvalue weighted by atomic mass is 16.5. The van der Waals surface area contributed by atoms with Crippen LogP contribution in [0.4, 0.5) is 0 Å². The maximum atomic E-state index is 5.57. The molecular weight excluding hydrogens is 352 g/mol. The normalized spacial score (nSPS) is 16.1. The van der Waals surface area contributed by atoms with Gasteiger partial charge >= 0.3 is 0 Å². The summed E-state index contributed by atoms with van der Waals surface area (Å²) in [6, 6.07) is 6.50. The number of fused-ring (bicyclic) bond motifs is 2. The standard InChI is InChI=1S/C21H30N6O/c1-22-21(23-11-8-16-6-7-18-17(15-16)10-14-28-18)24-12-9-20-26-25-19-5-3-2-4-13-27(19)20/h6-7,15H,2-5,8-14H2,1H3,(H2,22,23,24). The Labute approximate surface area is 166 Å². The second kappa shape index (κ2) is 9.08. The van der Waals surface area contributed by atoms with Crippen molar-refractivity contribution in [2.24, 2.45) is 4.99 Å². The molecule has 2 aromatic rings. The topological polar surface area (TPSA) is 76.4 Å². The SMILES string of the molecule is CN=C(NCCc1ccc2c(c1)CCO2)NCCc1nnc2n1CCCCC2. The van der Waals surface area contributed by atoms with Crippen LogP contribution in [0.2, 0.25) is 0 Å². The lowest BCUT2D eigenvalue weighted by Crippen LogP contribution is -2.39. The van der Waals surface area contributed by atoms with Gasteiger partial charge in [0.25, 0.3) is 0 Å². The average molecular weight is 383 g/mol. The van der Waals surface area contributed by atoms with Crippen molar-refractivity contribution in [1.29, 1.82) is 0 Å². The fourth-order valence-corrected chi connectivity index (χ4v) is 3.96. The van der Waals surface area contributed by atoms with E-state index in [1.807, 2.05) is 7.05 Å². The first-order valence-electron chi connectivity index (χ1n) is 10.4. The van der Waals surface area contributed by atoms with Crippen LogP contribution >= 0.6 is 0 Å². The Morgan fingerprint density at radius 1 is 1.11 bits per heavy atom. The Kier molecular flexibility index (Phi) is 6.09. The molecule has 4 rings (SSSR count). The number of rotatable bonds is 6. The van der Waals surface area contributed by atoms with Crippen LogP contribution in [0.3, 0.4) is 0 Å². The zero-order chi connectivity index (χ0) is 19.2. The minimum Gasteiger partial charge on any atom is -0.493 e. The van der Waals surface area contributed by atoms with Crippen LogP contribution in [0, 0.1) is 0 Å². The summed E-state index contributed by atoms with van der Waals surface area (Å²) in [6.07, 6.45) is 7.64. The van der Waals surface area contributed by atoms with Gasteiger partial charge < -0.3 is 19.9 Å². The lowest BCUT2D eigenvalue weighted by Gasteiger charge is -2.12. The van der Waals surface area contributed by atoms with Crippen molar-refractivity contribution in [3.8, 4) is 5.75 Å². The summed E-state index contributed by atoms with van der Waals surface area (Å²) in [6.45, 7) is 3.51. The number of benzene rings is 1. The van der Waals surface area contributed by atoms with E-state index < -0.39 is 0 Å². The van der Waals surface area contributed by atoms with E-state index in [1.165, 1.54) is 30.4 Å². The van der Waals surface area contributed by atoms with Gasteiger partial charge in [-0.05, 0) is 36.5 Å². The van der Waals surface area contributed by atoms with E-state index in [9.17, 15) is 0 Å². The molecule has 2 aliphatic rings. The van der Waals surface area contributed by atoms with Crippen LogP contribution in [-0.2, 0) is 32.2 Å². The summed E-state index contributed by atoms with van der Waals surface area (Å²) in [4.78, 5) is 4.33. The van der Waals surface area contributed by atoms with Crippen LogP contribution in [0.25, 0.3) is 0 Å². The summed E-state index contributed by atoms with van der Waals surface area (Å²) < 4.78 is 7.88. The number of aromatic nitrogens is 3. The van der Waals surface area contributed by atoms with Crippen LogP contribution in [0.15, 0.2) is 23.2 Å². The number of nitrogens with zero attached hydrogens (tertiary/aromatic N) is 4. The molecule has 3 heterocycles. The van der Waals surface area contributed by atoms with Crippen molar-refractivity contribution >= 4 is 5.96 Å². The Hall–Kier alpha value is -2.57. The summed E-state index contributed by atoms with van der Waals surface area (Å²) in [5.74, 6) is 4.11. The predicted molar refractivity (Wildman–Crippen MR) is 110 cm³/mol. The third kappa shape index (κ3) is 4.46. The lowest BCUT2D eigenvalue weighted by molar-refractivity contribution is 0.357.